The van der Waals surface area contributed by atoms with E-state index in [1.165, 1.54) is 6.07 Å². The summed E-state index contributed by atoms with van der Waals surface area (Å²) in [5, 5.41) is 6.50. The molecule has 0 radical (unpaired) electrons. The molecular weight excluding hydrogens is 503 g/mol. The summed E-state index contributed by atoms with van der Waals surface area (Å²) in [5.41, 5.74) is 3.93. The molecule has 2 amide bonds. The van der Waals surface area contributed by atoms with Gasteiger partial charge in [0.2, 0.25) is 0 Å². The third kappa shape index (κ3) is 6.11. The number of nitrogens with zero attached hydrogens (tertiary/aromatic N) is 2. The smallest absolute Gasteiger partial charge is 0.257 e. The zero-order valence-electron chi connectivity index (χ0n) is 19.1. The molecule has 0 bridgehead atoms. The lowest BCUT2D eigenvalue weighted by molar-refractivity contribution is 0.0746. The van der Waals surface area contributed by atoms with Gasteiger partial charge in [-0.1, -0.05) is 41.4 Å². The fourth-order valence-corrected chi connectivity index (χ4v) is 4.39. The molecule has 1 aliphatic heterocycles. The van der Waals surface area contributed by atoms with Crippen LogP contribution in [0.15, 0.2) is 66.7 Å². The molecule has 0 unspecified atom stereocenters. The monoisotopic (exact) mass is 526 g/mol. The molecule has 1 heterocycles. The van der Waals surface area contributed by atoms with E-state index in [9.17, 15) is 9.59 Å². The molecule has 0 aromatic heterocycles. The SMILES string of the molecule is Cc1ccccc1C(=O)N1CCN(c2ccc(NC(=S)NC(=O)c3ccc(Cl)c(Cl)c3)cc2)CC1. The van der Waals surface area contributed by atoms with Gasteiger partial charge < -0.3 is 15.1 Å². The molecule has 0 saturated carbocycles. The molecule has 4 rings (SSSR count). The molecule has 2 N–H and O–H groups in total. The Hall–Kier alpha value is -3.13. The summed E-state index contributed by atoms with van der Waals surface area (Å²) in [6.45, 7) is 4.80. The summed E-state index contributed by atoms with van der Waals surface area (Å²) in [7, 11) is 0. The molecule has 3 aromatic rings. The second-order valence-corrected chi connectivity index (χ2v) is 9.40. The van der Waals surface area contributed by atoms with Gasteiger partial charge in [-0.05, 0) is 73.2 Å². The summed E-state index contributed by atoms with van der Waals surface area (Å²) < 4.78 is 0. The molecule has 1 saturated heterocycles. The number of hydrogen-bond donors (Lipinski definition) is 2. The Morgan fingerprint density at radius 3 is 2.23 bits per heavy atom. The number of thiocarbonyl (C=S) groups is 1. The van der Waals surface area contributed by atoms with Gasteiger partial charge in [0, 0.05) is 48.7 Å². The van der Waals surface area contributed by atoms with Crippen molar-refractivity contribution in [3.8, 4) is 0 Å². The van der Waals surface area contributed by atoms with Crippen LogP contribution < -0.4 is 15.5 Å². The van der Waals surface area contributed by atoms with Gasteiger partial charge in [-0.15, -0.1) is 0 Å². The van der Waals surface area contributed by atoms with Crippen LogP contribution >= 0.6 is 35.4 Å². The highest BCUT2D eigenvalue weighted by Gasteiger charge is 2.23. The molecule has 3 aromatic carbocycles. The molecule has 1 fully saturated rings. The number of aryl methyl sites for hydroxylation is 1. The molecule has 0 aliphatic carbocycles. The van der Waals surface area contributed by atoms with Gasteiger partial charge in [-0.25, -0.2) is 0 Å². The lowest BCUT2D eigenvalue weighted by Gasteiger charge is -2.36. The molecule has 1 aliphatic rings. The largest absolute Gasteiger partial charge is 0.368 e. The fraction of sp³-hybridized carbons (Fsp3) is 0.192. The lowest BCUT2D eigenvalue weighted by Crippen LogP contribution is -2.48. The zero-order valence-corrected chi connectivity index (χ0v) is 21.4. The summed E-state index contributed by atoms with van der Waals surface area (Å²) in [6, 6.07) is 20.1. The highest BCUT2D eigenvalue weighted by atomic mass is 35.5. The predicted octanol–water partition coefficient (Wildman–Crippen LogP) is 5.39. The summed E-state index contributed by atoms with van der Waals surface area (Å²) in [5.74, 6) is -0.297. The molecule has 35 heavy (non-hydrogen) atoms. The van der Waals surface area contributed by atoms with Crippen LogP contribution in [-0.2, 0) is 0 Å². The van der Waals surface area contributed by atoms with E-state index in [4.69, 9.17) is 35.4 Å². The number of benzene rings is 3. The van der Waals surface area contributed by atoms with E-state index in [1.807, 2.05) is 60.4 Å². The van der Waals surface area contributed by atoms with Gasteiger partial charge in [0.05, 0.1) is 10.0 Å². The minimum Gasteiger partial charge on any atom is -0.368 e. The average molecular weight is 527 g/mol. The first-order valence-electron chi connectivity index (χ1n) is 11.1. The van der Waals surface area contributed by atoms with Crippen LogP contribution in [0.4, 0.5) is 11.4 Å². The predicted molar refractivity (Wildman–Crippen MR) is 146 cm³/mol. The van der Waals surface area contributed by atoms with E-state index in [0.29, 0.717) is 28.7 Å². The summed E-state index contributed by atoms with van der Waals surface area (Å²) in [6.07, 6.45) is 0. The molecule has 0 atom stereocenters. The number of rotatable bonds is 4. The van der Waals surface area contributed by atoms with Crippen LogP contribution in [0.25, 0.3) is 0 Å². The first kappa shape index (κ1) is 25.0. The molecule has 0 spiro atoms. The van der Waals surface area contributed by atoms with Gasteiger partial charge in [-0.3, -0.25) is 14.9 Å². The minimum atomic E-state index is -0.379. The standard InChI is InChI=1S/C26H24Cl2N4O2S/c1-17-4-2-3-5-21(17)25(34)32-14-12-31(13-15-32)20-9-7-19(8-10-20)29-26(35)30-24(33)18-6-11-22(27)23(28)16-18/h2-11,16H,12-15H2,1H3,(H2,29,30,33,35). The third-order valence-electron chi connectivity index (χ3n) is 5.84. The number of piperazine rings is 1. The molecular formula is C26H24Cl2N4O2S. The number of carbonyl (C=O) groups is 2. The number of anilines is 2. The zero-order chi connectivity index (χ0) is 24.9. The van der Waals surface area contributed by atoms with Crippen molar-refractivity contribution >= 4 is 63.7 Å². The Kier molecular flexibility index (Phi) is 7.90. The van der Waals surface area contributed by atoms with Crippen molar-refractivity contribution in [3.05, 3.63) is 93.5 Å². The number of amides is 2. The Labute approximate surface area is 219 Å². The quantitative estimate of drug-likeness (QED) is 0.446. The van der Waals surface area contributed by atoms with Crippen LogP contribution in [-0.4, -0.2) is 48.0 Å². The van der Waals surface area contributed by atoms with E-state index in [-0.39, 0.29) is 16.9 Å². The normalized spacial score (nSPS) is 13.3. The van der Waals surface area contributed by atoms with E-state index in [0.717, 1.165) is 35.6 Å². The van der Waals surface area contributed by atoms with E-state index in [1.54, 1.807) is 12.1 Å². The number of hydrogen-bond acceptors (Lipinski definition) is 4. The Morgan fingerprint density at radius 1 is 0.886 bits per heavy atom. The van der Waals surface area contributed by atoms with Crippen molar-refractivity contribution in [3.63, 3.8) is 0 Å². The van der Waals surface area contributed by atoms with Gasteiger partial charge in [-0.2, -0.15) is 0 Å². The summed E-state index contributed by atoms with van der Waals surface area (Å²) >= 11 is 17.1. The Morgan fingerprint density at radius 2 is 1.57 bits per heavy atom. The first-order valence-corrected chi connectivity index (χ1v) is 12.3. The van der Waals surface area contributed by atoms with Crippen molar-refractivity contribution in [2.75, 3.05) is 36.4 Å². The number of nitrogens with one attached hydrogen (secondary N) is 2. The topological polar surface area (TPSA) is 64.7 Å². The second kappa shape index (κ2) is 11.1. The second-order valence-electron chi connectivity index (χ2n) is 8.18. The maximum absolute atomic E-state index is 12.9. The minimum absolute atomic E-state index is 0.0822. The first-order chi connectivity index (χ1) is 16.8. The van der Waals surface area contributed by atoms with Gasteiger partial charge >= 0.3 is 0 Å². The van der Waals surface area contributed by atoms with E-state index >= 15 is 0 Å². The van der Waals surface area contributed by atoms with Crippen molar-refractivity contribution in [2.24, 2.45) is 0 Å². The van der Waals surface area contributed by atoms with Crippen molar-refractivity contribution < 1.29 is 9.59 Å². The van der Waals surface area contributed by atoms with Gasteiger partial charge in [0.25, 0.3) is 11.8 Å². The van der Waals surface area contributed by atoms with Crippen LogP contribution in [0.2, 0.25) is 10.0 Å². The van der Waals surface area contributed by atoms with E-state index < -0.39 is 0 Å². The van der Waals surface area contributed by atoms with Gasteiger partial charge in [0.1, 0.15) is 0 Å². The lowest BCUT2D eigenvalue weighted by atomic mass is 10.1. The number of halogens is 2. The molecule has 180 valence electrons. The Balaban J connectivity index is 1.29. The molecule has 9 heteroatoms. The third-order valence-corrected chi connectivity index (χ3v) is 6.78. The Bertz CT molecular complexity index is 1260. The van der Waals surface area contributed by atoms with Crippen LogP contribution in [0.1, 0.15) is 26.3 Å². The highest BCUT2D eigenvalue weighted by Crippen LogP contribution is 2.23. The number of carbonyl (C=O) groups excluding carboxylic acids is 2. The highest BCUT2D eigenvalue weighted by molar-refractivity contribution is 7.80. The molecule has 6 nitrogen and oxygen atoms in total. The summed E-state index contributed by atoms with van der Waals surface area (Å²) in [4.78, 5) is 29.4. The van der Waals surface area contributed by atoms with E-state index in [2.05, 4.69) is 15.5 Å². The van der Waals surface area contributed by atoms with Gasteiger partial charge in [0.15, 0.2) is 5.11 Å². The fourth-order valence-electron chi connectivity index (χ4n) is 3.88. The van der Waals surface area contributed by atoms with Crippen molar-refractivity contribution in [2.45, 2.75) is 6.92 Å². The van der Waals surface area contributed by atoms with Crippen LogP contribution in [0, 0.1) is 6.92 Å². The maximum atomic E-state index is 12.9. The van der Waals surface area contributed by atoms with Crippen LogP contribution in [0.5, 0.6) is 0 Å². The maximum Gasteiger partial charge on any atom is 0.257 e. The van der Waals surface area contributed by atoms with Crippen molar-refractivity contribution in [1.82, 2.24) is 10.2 Å². The average Bonchev–Trinajstić information content (AvgIpc) is 2.86. The van der Waals surface area contributed by atoms with Crippen LogP contribution in [0.3, 0.4) is 0 Å². The van der Waals surface area contributed by atoms with Crippen molar-refractivity contribution in [1.29, 1.82) is 0 Å².